The van der Waals surface area contributed by atoms with Crippen molar-refractivity contribution >= 4 is 17.5 Å². The van der Waals surface area contributed by atoms with Crippen molar-refractivity contribution < 1.29 is 18.7 Å². The Hall–Kier alpha value is -3.22. The van der Waals surface area contributed by atoms with Crippen molar-refractivity contribution in [1.82, 2.24) is 10.7 Å². The van der Waals surface area contributed by atoms with Crippen molar-refractivity contribution in [2.24, 2.45) is 5.10 Å². The molecule has 6 nitrogen and oxygen atoms in total. The van der Waals surface area contributed by atoms with Crippen molar-refractivity contribution in [3.8, 4) is 5.75 Å². The Labute approximate surface area is 151 Å². The summed E-state index contributed by atoms with van der Waals surface area (Å²) >= 11 is 0. The summed E-state index contributed by atoms with van der Waals surface area (Å²) in [4.78, 5) is 24.0. The highest BCUT2D eigenvalue weighted by atomic mass is 19.1. The van der Waals surface area contributed by atoms with Gasteiger partial charge < -0.3 is 10.1 Å². The molecule has 0 saturated carbocycles. The van der Waals surface area contributed by atoms with E-state index in [4.69, 9.17) is 4.74 Å². The maximum absolute atomic E-state index is 12.8. The van der Waals surface area contributed by atoms with E-state index < -0.39 is 5.91 Å². The molecule has 2 aromatic rings. The fraction of sp³-hybridized carbons (Fsp3) is 0.211. The van der Waals surface area contributed by atoms with Gasteiger partial charge in [-0.3, -0.25) is 9.59 Å². The first-order valence-corrected chi connectivity index (χ1v) is 7.97. The number of benzene rings is 2. The topological polar surface area (TPSA) is 79.8 Å². The van der Waals surface area contributed by atoms with Gasteiger partial charge in [0.05, 0.1) is 19.1 Å². The Morgan fingerprint density at radius 1 is 1.12 bits per heavy atom. The average Bonchev–Trinajstić information content (AvgIpc) is 2.65. The zero-order valence-corrected chi connectivity index (χ0v) is 14.6. The molecule has 0 spiro atoms. The summed E-state index contributed by atoms with van der Waals surface area (Å²) in [6.45, 7) is 1.93. The van der Waals surface area contributed by atoms with Crippen LogP contribution >= 0.6 is 0 Å². The van der Waals surface area contributed by atoms with Gasteiger partial charge in [0.25, 0.3) is 5.91 Å². The van der Waals surface area contributed by atoms with Gasteiger partial charge in [-0.15, -0.1) is 0 Å². The second-order valence-corrected chi connectivity index (χ2v) is 5.57. The van der Waals surface area contributed by atoms with E-state index in [1.54, 1.807) is 43.3 Å². The number of methoxy groups -OCH3 is 1. The largest absolute Gasteiger partial charge is 0.496 e. The minimum absolute atomic E-state index is 0.0351. The molecule has 2 N–H and O–H groups in total. The van der Waals surface area contributed by atoms with Gasteiger partial charge >= 0.3 is 0 Å². The predicted molar refractivity (Wildman–Crippen MR) is 96.4 cm³/mol. The van der Waals surface area contributed by atoms with Gasteiger partial charge in [0.2, 0.25) is 5.91 Å². The van der Waals surface area contributed by atoms with Gasteiger partial charge in [0.15, 0.2) is 0 Å². The number of halogens is 1. The first-order valence-electron chi connectivity index (χ1n) is 7.97. The van der Waals surface area contributed by atoms with E-state index in [1.807, 2.05) is 0 Å². The molecule has 0 heterocycles. The normalized spacial score (nSPS) is 11.0. The molecule has 2 aromatic carbocycles. The fourth-order valence-electron chi connectivity index (χ4n) is 2.18. The number of rotatable bonds is 7. The molecule has 0 atom stereocenters. The monoisotopic (exact) mass is 357 g/mol. The number of carbonyl (C=O) groups excluding carboxylic acids is 2. The van der Waals surface area contributed by atoms with Gasteiger partial charge in [-0.05, 0) is 36.8 Å². The summed E-state index contributed by atoms with van der Waals surface area (Å²) in [6.07, 6.45) is 0.0351. The molecule has 0 unspecified atom stereocenters. The van der Waals surface area contributed by atoms with Crippen LogP contribution in [0, 0.1) is 5.82 Å². The van der Waals surface area contributed by atoms with Crippen molar-refractivity contribution in [2.75, 3.05) is 7.11 Å². The third kappa shape index (κ3) is 5.70. The number of nitrogens with one attached hydrogen (secondary N) is 2. The van der Waals surface area contributed by atoms with E-state index in [1.165, 1.54) is 19.2 Å². The van der Waals surface area contributed by atoms with Crippen LogP contribution in [0.4, 0.5) is 4.39 Å². The van der Waals surface area contributed by atoms with Gasteiger partial charge in [-0.2, -0.15) is 5.10 Å². The number of carbonyl (C=O) groups is 2. The molecule has 0 radical (unpaired) electrons. The maximum Gasteiger partial charge on any atom is 0.275 e. The molecule has 0 bridgehead atoms. The van der Waals surface area contributed by atoms with Gasteiger partial charge in [0, 0.05) is 12.3 Å². The molecule has 136 valence electrons. The van der Waals surface area contributed by atoms with E-state index in [0.29, 0.717) is 23.6 Å². The maximum atomic E-state index is 12.8. The lowest BCUT2D eigenvalue weighted by atomic mass is 10.2. The first kappa shape index (κ1) is 19.1. The smallest absolute Gasteiger partial charge is 0.275 e. The van der Waals surface area contributed by atoms with Crippen LogP contribution in [0.2, 0.25) is 0 Å². The third-order valence-electron chi connectivity index (χ3n) is 3.52. The molecular formula is C19H20FN3O3. The molecule has 0 aliphatic carbocycles. The number of hydrazone groups is 1. The van der Waals surface area contributed by atoms with Crippen molar-refractivity contribution in [1.29, 1.82) is 0 Å². The van der Waals surface area contributed by atoms with Crippen LogP contribution in [-0.2, 0) is 11.3 Å². The highest BCUT2D eigenvalue weighted by Crippen LogP contribution is 2.16. The first-order chi connectivity index (χ1) is 12.5. The molecule has 0 saturated heterocycles. The highest BCUT2D eigenvalue weighted by Gasteiger charge is 2.11. The summed E-state index contributed by atoms with van der Waals surface area (Å²) in [6, 6.07) is 12.6. The molecule has 0 aromatic heterocycles. The molecular weight excluding hydrogens is 337 g/mol. The Bertz CT molecular complexity index is 804. The number of hydrogen-bond acceptors (Lipinski definition) is 4. The highest BCUT2D eigenvalue weighted by molar-refractivity contribution is 6.01. The second-order valence-electron chi connectivity index (χ2n) is 5.57. The van der Waals surface area contributed by atoms with E-state index in [9.17, 15) is 14.0 Å². The molecule has 26 heavy (non-hydrogen) atoms. The van der Waals surface area contributed by atoms with Crippen molar-refractivity contribution in [2.45, 2.75) is 19.9 Å². The summed E-state index contributed by atoms with van der Waals surface area (Å²) in [5, 5.41) is 6.65. The number of hydrogen-bond donors (Lipinski definition) is 2. The summed E-state index contributed by atoms with van der Waals surface area (Å²) in [5.74, 6) is -0.556. The number of amides is 2. The summed E-state index contributed by atoms with van der Waals surface area (Å²) < 4.78 is 18.0. The number of nitrogens with zero attached hydrogens (tertiary/aromatic N) is 1. The zero-order valence-electron chi connectivity index (χ0n) is 14.6. The third-order valence-corrected chi connectivity index (χ3v) is 3.52. The van der Waals surface area contributed by atoms with Gasteiger partial charge in [-0.1, -0.05) is 24.3 Å². The fourth-order valence-corrected chi connectivity index (χ4v) is 2.18. The average molecular weight is 357 g/mol. The van der Waals surface area contributed by atoms with E-state index in [0.717, 1.165) is 5.56 Å². The predicted octanol–water partition coefficient (Wildman–Crippen LogP) is 2.65. The Kier molecular flexibility index (Phi) is 6.84. The Balaban J connectivity index is 1.84. The lowest BCUT2D eigenvalue weighted by Crippen LogP contribution is -2.26. The molecule has 0 aliphatic rings. The van der Waals surface area contributed by atoms with Crippen LogP contribution in [0.3, 0.4) is 0 Å². The molecule has 2 amide bonds. The molecule has 0 aliphatic heterocycles. The van der Waals surface area contributed by atoms with Gasteiger partial charge in [0.1, 0.15) is 11.6 Å². The van der Waals surface area contributed by atoms with Crippen molar-refractivity contribution in [3.05, 3.63) is 65.5 Å². The lowest BCUT2D eigenvalue weighted by Gasteiger charge is -2.07. The van der Waals surface area contributed by atoms with Crippen LogP contribution in [-0.4, -0.2) is 24.6 Å². The van der Waals surface area contributed by atoms with E-state index in [-0.39, 0.29) is 18.1 Å². The SMILES string of the molecule is COc1ccccc1C(=O)NN=C(C)CC(=O)NCc1ccc(F)cc1. The van der Waals surface area contributed by atoms with Crippen LogP contribution in [0.15, 0.2) is 53.6 Å². The summed E-state index contributed by atoms with van der Waals surface area (Å²) in [5.41, 5.74) is 4.00. The quantitative estimate of drug-likeness (QED) is 0.591. The van der Waals surface area contributed by atoms with Crippen LogP contribution in [0.25, 0.3) is 0 Å². The molecule has 7 heteroatoms. The zero-order chi connectivity index (χ0) is 18.9. The minimum Gasteiger partial charge on any atom is -0.496 e. The number of para-hydroxylation sites is 1. The number of ether oxygens (including phenoxy) is 1. The Morgan fingerprint density at radius 2 is 1.81 bits per heavy atom. The molecule has 2 rings (SSSR count). The minimum atomic E-state index is -0.423. The van der Waals surface area contributed by atoms with Crippen molar-refractivity contribution in [3.63, 3.8) is 0 Å². The summed E-state index contributed by atoms with van der Waals surface area (Å²) in [7, 11) is 1.48. The van der Waals surface area contributed by atoms with Crippen LogP contribution in [0.5, 0.6) is 5.75 Å². The van der Waals surface area contributed by atoms with E-state index in [2.05, 4.69) is 15.8 Å². The van der Waals surface area contributed by atoms with Crippen LogP contribution in [0.1, 0.15) is 29.3 Å². The van der Waals surface area contributed by atoms with Gasteiger partial charge in [-0.25, -0.2) is 9.82 Å². The lowest BCUT2D eigenvalue weighted by molar-refractivity contribution is -0.120. The molecule has 0 fully saturated rings. The van der Waals surface area contributed by atoms with E-state index >= 15 is 0 Å². The second kappa shape index (κ2) is 9.31. The standard InChI is InChI=1S/C19H20FN3O3/c1-13(11-18(24)21-12-14-7-9-15(20)10-8-14)22-23-19(25)16-5-3-4-6-17(16)26-2/h3-10H,11-12H2,1-2H3,(H,21,24)(H,23,25). The Morgan fingerprint density at radius 3 is 2.50 bits per heavy atom. The van der Waals surface area contributed by atoms with Crippen LogP contribution < -0.4 is 15.5 Å².